The van der Waals surface area contributed by atoms with Crippen LogP contribution in [0.5, 0.6) is 5.75 Å². The Balaban J connectivity index is 2.42. The molecule has 2 nitrogen and oxygen atoms in total. The fourth-order valence-corrected chi connectivity index (χ4v) is 1.74. The van der Waals surface area contributed by atoms with Crippen molar-refractivity contribution in [1.82, 2.24) is 0 Å². The van der Waals surface area contributed by atoms with Gasteiger partial charge in [-0.25, -0.2) is 4.39 Å². The molecule has 1 aliphatic carbocycles. The quantitative estimate of drug-likeness (QED) is 0.739. The maximum atomic E-state index is 12.9. The molecule has 0 spiro atoms. The highest BCUT2D eigenvalue weighted by molar-refractivity contribution is 5.41. The fraction of sp³-hybridized carbons (Fsp3) is 0.455. The SMILES string of the molecule is COc1cc(F)ccc1C1(OC)CC1. The third-order valence-electron chi connectivity index (χ3n) is 2.75. The minimum Gasteiger partial charge on any atom is -0.496 e. The minimum atomic E-state index is -0.280. The number of methoxy groups -OCH3 is 2. The monoisotopic (exact) mass is 196 g/mol. The van der Waals surface area contributed by atoms with E-state index in [9.17, 15) is 4.39 Å². The zero-order valence-electron chi connectivity index (χ0n) is 8.34. The maximum Gasteiger partial charge on any atom is 0.127 e. The molecule has 2 rings (SSSR count). The second-order valence-electron chi connectivity index (χ2n) is 3.54. The molecule has 0 aromatic heterocycles. The van der Waals surface area contributed by atoms with Crippen LogP contribution in [0.15, 0.2) is 18.2 Å². The van der Waals surface area contributed by atoms with Gasteiger partial charge < -0.3 is 9.47 Å². The van der Waals surface area contributed by atoms with E-state index < -0.39 is 0 Å². The zero-order chi connectivity index (χ0) is 10.2. The highest BCUT2D eigenvalue weighted by atomic mass is 19.1. The topological polar surface area (TPSA) is 18.5 Å². The van der Waals surface area contributed by atoms with Gasteiger partial charge in [-0.3, -0.25) is 0 Å². The Labute approximate surface area is 82.6 Å². The third-order valence-corrected chi connectivity index (χ3v) is 2.75. The molecule has 0 radical (unpaired) electrons. The van der Waals surface area contributed by atoms with Crippen molar-refractivity contribution >= 4 is 0 Å². The van der Waals surface area contributed by atoms with Crippen molar-refractivity contribution in [2.45, 2.75) is 18.4 Å². The molecule has 1 aromatic rings. The lowest BCUT2D eigenvalue weighted by Crippen LogP contribution is -2.10. The van der Waals surface area contributed by atoms with Crippen molar-refractivity contribution in [3.05, 3.63) is 29.6 Å². The molecule has 0 unspecified atom stereocenters. The molecule has 0 aliphatic heterocycles. The third kappa shape index (κ3) is 1.38. The molecular weight excluding hydrogens is 183 g/mol. The van der Waals surface area contributed by atoms with E-state index in [1.807, 2.05) is 0 Å². The van der Waals surface area contributed by atoms with E-state index in [0.29, 0.717) is 5.75 Å². The normalized spacial score (nSPS) is 17.9. The molecule has 0 saturated heterocycles. The smallest absolute Gasteiger partial charge is 0.127 e. The lowest BCUT2D eigenvalue weighted by atomic mass is 10.1. The van der Waals surface area contributed by atoms with E-state index in [1.54, 1.807) is 20.3 Å². The summed E-state index contributed by atoms with van der Waals surface area (Å²) < 4.78 is 23.5. The molecule has 1 saturated carbocycles. The van der Waals surface area contributed by atoms with Gasteiger partial charge in [0, 0.05) is 18.7 Å². The van der Waals surface area contributed by atoms with Crippen LogP contribution in [-0.4, -0.2) is 14.2 Å². The number of hydrogen-bond donors (Lipinski definition) is 0. The molecule has 0 heterocycles. The summed E-state index contributed by atoms with van der Waals surface area (Å²) in [6, 6.07) is 4.58. The largest absolute Gasteiger partial charge is 0.496 e. The van der Waals surface area contributed by atoms with E-state index in [-0.39, 0.29) is 11.4 Å². The predicted octanol–water partition coefficient (Wildman–Crippen LogP) is 2.47. The van der Waals surface area contributed by atoms with E-state index in [2.05, 4.69) is 0 Å². The van der Waals surface area contributed by atoms with E-state index >= 15 is 0 Å². The molecule has 0 amide bonds. The van der Waals surface area contributed by atoms with Crippen LogP contribution < -0.4 is 4.74 Å². The van der Waals surface area contributed by atoms with Crippen molar-refractivity contribution in [2.24, 2.45) is 0 Å². The van der Waals surface area contributed by atoms with Gasteiger partial charge in [0.2, 0.25) is 0 Å². The van der Waals surface area contributed by atoms with Crippen molar-refractivity contribution in [1.29, 1.82) is 0 Å². The van der Waals surface area contributed by atoms with Crippen molar-refractivity contribution in [2.75, 3.05) is 14.2 Å². The maximum absolute atomic E-state index is 12.9. The summed E-state index contributed by atoms with van der Waals surface area (Å²) in [5, 5.41) is 0. The van der Waals surface area contributed by atoms with Gasteiger partial charge in [-0.05, 0) is 25.0 Å². The summed E-state index contributed by atoms with van der Waals surface area (Å²) in [7, 11) is 3.22. The molecule has 3 heteroatoms. The van der Waals surface area contributed by atoms with Crippen LogP contribution in [0.2, 0.25) is 0 Å². The van der Waals surface area contributed by atoms with Gasteiger partial charge in [0.1, 0.15) is 11.6 Å². The van der Waals surface area contributed by atoms with E-state index in [4.69, 9.17) is 9.47 Å². The van der Waals surface area contributed by atoms with E-state index in [1.165, 1.54) is 12.1 Å². The van der Waals surface area contributed by atoms with Gasteiger partial charge in [0.05, 0.1) is 12.7 Å². The first-order valence-corrected chi connectivity index (χ1v) is 4.61. The molecule has 1 aromatic carbocycles. The first-order chi connectivity index (χ1) is 6.72. The predicted molar refractivity (Wildman–Crippen MR) is 50.9 cm³/mol. The molecule has 0 atom stereocenters. The minimum absolute atomic E-state index is 0.223. The highest BCUT2D eigenvalue weighted by Crippen LogP contribution is 2.51. The molecule has 76 valence electrons. The van der Waals surface area contributed by atoms with Crippen LogP contribution in [0.3, 0.4) is 0 Å². The van der Waals surface area contributed by atoms with Gasteiger partial charge in [-0.2, -0.15) is 0 Å². The Hall–Kier alpha value is -1.09. The Kier molecular flexibility index (Phi) is 2.19. The first-order valence-electron chi connectivity index (χ1n) is 4.61. The Morgan fingerprint density at radius 2 is 2.00 bits per heavy atom. The van der Waals surface area contributed by atoms with Gasteiger partial charge in [-0.1, -0.05) is 0 Å². The number of rotatable bonds is 3. The Bertz CT molecular complexity index is 345. The zero-order valence-corrected chi connectivity index (χ0v) is 8.34. The van der Waals surface area contributed by atoms with Crippen molar-refractivity contribution in [3.8, 4) is 5.75 Å². The van der Waals surface area contributed by atoms with Crippen LogP contribution in [0.4, 0.5) is 4.39 Å². The lowest BCUT2D eigenvalue weighted by molar-refractivity contribution is 0.0765. The number of hydrogen-bond acceptors (Lipinski definition) is 2. The van der Waals surface area contributed by atoms with Gasteiger partial charge in [0.25, 0.3) is 0 Å². The summed E-state index contributed by atoms with van der Waals surface area (Å²) in [5.41, 5.74) is 0.725. The van der Waals surface area contributed by atoms with Crippen molar-refractivity contribution in [3.63, 3.8) is 0 Å². The van der Waals surface area contributed by atoms with Crippen LogP contribution >= 0.6 is 0 Å². The number of ether oxygens (including phenoxy) is 2. The van der Waals surface area contributed by atoms with E-state index in [0.717, 1.165) is 18.4 Å². The molecule has 0 N–H and O–H groups in total. The highest BCUT2D eigenvalue weighted by Gasteiger charge is 2.46. The second-order valence-corrected chi connectivity index (χ2v) is 3.54. The van der Waals surface area contributed by atoms with Crippen LogP contribution in [0.25, 0.3) is 0 Å². The summed E-state index contributed by atoms with van der Waals surface area (Å²) in [4.78, 5) is 0. The van der Waals surface area contributed by atoms with Crippen LogP contribution in [0.1, 0.15) is 18.4 Å². The molecular formula is C11H13FO2. The van der Waals surface area contributed by atoms with Crippen LogP contribution in [0, 0.1) is 5.82 Å². The van der Waals surface area contributed by atoms with Gasteiger partial charge >= 0.3 is 0 Å². The summed E-state index contributed by atoms with van der Waals surface area (Å²) in [6.07, 6.45) is 1.96. The Morgan fingerprint density at radius 1 is 1.29 bits per heavy atom. The average molecular weight is 196 g/mol. The summed E-state index contributed by atoms with van der Waals surface area (Å²) in [6.45, 7) is 0. The summed E-state index contributed by atoms with van der Waals surface area (Å²) in [5.74, 6) is 0.293. The molecule has 1 fully saturated rings. The van der Waals surface area contributed by atoms with Crippen molar-refractivity contribution < 1.29 is 13.9 Å². The Morgan fingerprint density at radius 3 is 2.50 bits per heavy atom. The van der Waals surface area contributed by atoms with Gasteiger partial charge in [-0.15, -0.1) is 0 Å². The molecule has 0 bridgehead atoms. The standard InChI is InChI=1S/C11H13FO2/c1-13-10-7-8(12)3-4-9(10)11(14-2)5-6-11/h3-4,7H,5-6H2,1-2H3. The first kappa shape index (κ1) is 9.46. The number of halogens is 1. The fourth-order valence-electron chi connectivity index (χ4n) is 1.74. The second kappa shape index (κ2) is 3.24. The summed E-state index contributed by atoms with van der Waals surface area (Å²) >= 11 is 0. The molecule has 1 aliphatic rings. The number of benzene rings is 1. The lowest BCUT2D eigenvalue weighted by Gasteiger charge is -2.17. The molecule has 14 heavy (non-hydrogen) atoms. The average Bonchev–Trinajstić information content (AvgIpc) is 2.98. The van der Waals surface area contributed by atoms with Crippen LogP contribution in [-0.2, 0) is 10.3 Å². The van der Waals surface area contributed by atoms with Gasteiger partial charge in [0.15, 0.2) is 0 Å².